The number of rotatable bonds is 4. The molecule has 0 bridgehead atoms. The van der Waals surface area contributed by atoms with Gasteiger partial charge < -0.3 is 15.3 Å². The highest BCUT2D eigenvalue weighted by Gasteiger charge is 2.63. The van der Waals surface area contributed by atoms with Crippen LogP contribution in [0.3, 0.4) is 0 Å². The van der Waals surface area contributed by atoms with Crippen LogP contribution in [0.15, 0.2) is 53.1 Å². The number of hydrogen-bond donors (Lipinski definition) is 3. The highest BCUT2D eigenvalue weighted by molar-refractivity contribution is 6.30. The first-order chi connectivity index (χ1) is 23.4. The van der Waals surface area contributed by atoms with Crippen molar-refractivity contribution in [1.82, 2.24) is 0 Å². The highest BCUT2D eigenvalue weighted by Crippen LogP contribution is 2.72. The fourth-order valence-electron chi connectivity index (χ4n) is 11.9. The number of aliphatic hydroxyl groups is 1. The summed E-state index contributed by atoms with van der Waals surface area (Å²) in [4.78, 5) is 24.7. The Balaban J connectivity index is 0.000000194. The first-order valence-electron chi connectivity index (χ1n) is 19.2. The predicted molar refractivity (Wildman–Crippen MR) is 201 cm³/mol. The van der Waals surface area contributed by atoms with Gasteiger partial charge in [-0.05, 0) is 148 Å². The molecule has 2 aromatic rings. The van der Waals surface area contributed by atoms with Crippen LogP contribution in [-0.2, 0) is 0 Å². The number of carbonyl (C=O) groups is 2. The maximum atomic E-state index is 12.3. The second kappa shape index (κ2) is 12.8. The van der Waals surface area contributed by atoms with Crippen LogP contribution in [-0.4, -0.2) is 33.0 Å². The molecule has 5 heteroatoms. The second-order valence-corrected chi connectivity index (χ2v) is 18.1. The molecule has 270 valence electrons. The Bertz CT molecular complexity index is 1770. The van der Waals surface area contributed by atoms with E-state index in [0.717, 1.165) is 18.3 Å². The quantitative estimate of drug-likeness (QED) is 0.238. The molecule has 2 aromatic carbocycles. The lowest BCUT2D eigenvalue weighted by Crippen LogP contribution is -2.55. The van der Waals surface area contributed by atoms with Gasteiger partial charge in [-0.3, -0.25) is 9.59 Å². The maximum absolute atomic E-state index is 12.3. The van der Waals surface area contributed by atoms with E-state index in [1.807, 2.05) is 11.1 Å². The molecule has 0 saturated heterocycles. The van der Waals surface area contributed by atoms with Crippen LogP contribution < -0.4 is 0 Å². The summed E-state index contributed by atoms with van der Waals surface area (Å²) in [7, 11) is 0. The molecule has 7 atom stereocenters. The number of aliphatic hydroxyl groups excluding tert-OH is 1. The van der Waals surface area contributed by atoms with Crippen LogP contribution in [0.5, 0.6) is 11.5 Å². The number of allylic oxidation sites excluding steroid dienone is 4. The minimum absolute atomic E-state index is 0.0374. The van der Waals surface area contributed by atoms with Crippen molar-refractivity contribution in [3.8, 4) is 11.5 Å². The Morgan fingerprint density at radius 2 is 1.56 bits per heavy atom. The van der Waals surface area contributed by atoms with Gasteiger partial charge in [0.25, 0.3) is 0 Å². The Labute approximate surface area is 300 Å². The van der Waals surface area contributed by atoms with Crippen molar-refractivity contribution in [3.63, 3.8) is 0 Å². The zero-order valence-corrected chi connectivity index (χ0v) is 32.0. The van der Waals surface area contributed by atoms with Crippen molar-refractivity contribution < 1.29 is 24.9 Å². The van der Waals surface area contributed by atoms with Crippen LogP contribution in [0.2, 0.25) is 0 Å². The molecule has 5 aliphatic rings. The normalized spacial score (nSPS) is 32.8. The molecule has 5 aliphatic carbocycles. The van der Waals surface area contributed by atoms with Gasteiger partial charge >= 0.3 is 0 Å². The van der Waals surface area contributed by atoms with Gasteiger partial charge in [-0.25, -0.2) is 0 Å². The smallest absolute Gasteiger partial charge is 0.201 e. The average molecular weight is 681 g/mol. The number of phenolic OH excluding ortho intramolecular Hbond substituents is 2. The van der Waals surface area contributed by atoms with Crippen LogP contribution in [0.25, 0.3) is 0 Å². The van der Waals surface area contributed by atoms with Crippen molar-refractivity contribution in [2.75, 3.05) is 0 Å². The highest BCUT2D eigenvalue weighted by atomic mass is 16.3. The molecule has 7 unspecified atom stereocenters. The Morgan fingerprint density at radius 3 is 2.26 bits per heavy atom. The zero-order chi connectivity index (χ0) is 36.6. The van der Waals surface area contributed by atoms with Crippen molar-refractivity contribution in [2.24, 2.45) is 39.4 Å². The lowest BCUT2D eigenvalue weighted by Gasteiger charge is -2.62. The van der Waals surface area contributed by atoms with E-state index in [2.05, 4.69) is 61.5 Å². The van der Waals surface area contributed by atoms with Gasteiger partial charge in [-0.1, -0.05) is 76.5 Å². The van der Waals surface area contributed by atoms with Crippen molar-refractivity contribution in [2.45, 2.75) is 133 Å². The molecule has 3 N–H and O–H groups in total. The number of aromatic hydroxyl groups is 2. The third-order valence-electron chi connectivity index (χ3n) is 14.9. The molecule has 0 radical (unpaired) electrons. The number of hydrogen-bond acceptors (Lipinski definition) is 5. The van der Waals surface area contributed by atoms with Gasteiger partial charge in [0.2, 0.25) is 5.78 Å². The second-order valence-electron chi connectivity index (χ2n) is 18.1. The summed E-state index contributed by atoms with van der Waals surface area (Å²) in [6, 6.07) is 7.36. The summed E-state index contributed by atoms with van der Waals surface area (Å²) in [5.41, 5.74) is 7.37. The number of phenols is 2. The first kappa shape index (κ1) is 36.6. The molecule has 50 heavy (non-hydrogen) atoms. The lowest BCUT2D eigenvalue weighted by atomic mass is 9.43. The maximum Gasteiger partial charge on any atom is 0.201 e. The molecule has 0 aliphatic heterocycles. The van der Waals surface area contributed by atoms with E-state index >= 15 is 0 Å². The Morgan fingerprint density at radius 1 is 0.860 bits per heavy atom. The van der Waals surface area contributed by atoms with Crippen LogP contribution in [0.4, 0.5) is 0 Å². The zero-order valence-electron chi connectivity index (χ0n) is 32.0. The molecule has 7 rings (SSSR count). The van der Waals surface area contributed by atoms with Crippen LogP contribution in [0.1, 0.15) is 157 Å². The van der Waals surface area contributed by atoms with Crippen LogP contribution >= 0.6 is 0 Å². The summed E-state index contributed by atoms with van der Waals surface area (Å²) in [5, 5.41) is 30.5. The van der Waals surface area contributed by atoms with Crippen molar-refractivity contribution >= 4 is 11.6 Å². The molecule has 2 saturated carbocycles. The third-order valence-corrected chi connectivity index (χ3v) is 14.9. The minimum atomic E-state index is -0.528. The lowest BCUT2D eigenvalue weighted by molar-refractivity contribution is -0.0962. The predicted octanol–water partition coefficient (Wildman–Crippen LogP) is 10.7. The summed E-state index contributed by atoms with van der Waals surface area (Å²) in [5.74, 6) is 0.951. The summed E-state index contributed by atoms with van der Waals surface area (Å²) < 4.78 is 0. The fourth-order valence-corrected chi connectivity index (χ4v) is 11.9. The first-order valence-corrected chi connectivity index (χ1v) is 19.2. The van der Waals surface area contributed by atoms with E-state index in [1.54, 1.807) is 13.0 Å². The van der Waals surface area contributed by atoms with Gasteiger partial charge in [-0.15, -0.1) is 0 Å². The van der Waals surface area contributed by atoms with E-state index in [0.29, 0.717) is 27.7 Å². The molecule has 0 heterocycles. The molecule has 0 spiro atoms. The minimum Gasteiger partial charge on any atom is -0.507 e. The molecular formula is C45H60O5. The van der Waals surface area contributed by atoms with E-state index in [-0.39, 0.29) is 51.1 Å². The number of fused-ring (bicyclic) bond motifs is 6. The SMILES string of the molecule is CC(C)=CCCC(C)C1CCC2(C)C3=C(CCC12C)C1(C)CCC(O)C(C)(C)C1CC3.Cc1cc(O)c2c(c1)C(=O)c1cccc(O)c1C2=O. The number of ketones is 2. The Kier molecular flexibility index (Phi) is 9.37. The summed E-state index contributed by atoms with van der Waals surface area (Å²) in [6.07, 6.45) is 15.2. The molecule has 2 fully saturated rings. The number of benzene rings is 2. The largest absolute Gasteiger partial charge is 0.507 e. The monoisotopic (exact) mass is 680 g/mol. The Hall–Kier alpha value is -3.18. The molecule has 5 nitrogen and oxygen atoms in total. The summed E-state index contributed by atoms with van der Waals surface area (Å²) >= 11 is 0. The van der Waals surface area contributed by atoms with E-state index in [1.165, 1.54) is 87.6 Å². The standard InChI is InChI=1S/C30H50O.C15H10O4/c1-20(2)10-9-11-21(3)22-14-18-30(8)24-12-13-25-27(4,5)26(31)16-17-28(25,6)23(24)15-19-29(22,30)7;1-7-5-9-13(11(17)6-7)15(19)12-8(14(9)18)3-2-4-10(12)16/h10,21-22,25-26,31H,9,11-19H2,1-8H3;2-6,16-17H,1H3. The number of aryl methyl sites for hydroxylation is 1. The van der Waals surface area contributed by atoms with Crippen LogP contribution in [0, 0.1) is 46.3 Å². The number of carbonyl (C=O) groups excluding carboxylic acids is 2. The van der Waals surface area contributed by atoms with Crippen molar-refractivity contribution in [3.05, 3.63) is 80.9 Å². The third kappa shape index (κ3) is 5.52. The topological polar surface area (TPSA) is 94.8 Å². The van der Waals surface area contributed by atoms with Gasteiger partial charge in [0.05, 0.1) is 17.2 Å². The van der Waals surface area contributed by atoms with Gasteiger partial charge in [0.1, 0.15) is 11.5 Å². The van der Waals surface area contributed by atoms with E-state index < -0.39 is 5.78 Å². The van der Waals surface area contributed by atoms with E-state index in [9.17, 15) is 24.9 Å². The van der Waals surface area contributed by atoms with Crippen molar-refractivity contribution in [1.29, 1.82) is 0 Å². The van der Waals surface area contributed by atoms with E-state index in [4.69, 9.17) is 0 Å². The van der Waals surface area contributed by atoms with Gasteiger partial charge in [0.15, 0.2) is 5.78 Å². The van der Waals surface area contributed by atoms with Gasteiger partial charge in [0, 0.05) is 11.1 Å². The molecule has 0 aromatic heterocycles. The summed E-state index contributed by atoms with van der Waals surface area (Å²) in [6.45, 7) is 21.4. The molecular weight excluding hydrogens is 620 g/mol. The van der Waals surface area contributed by atoms with Gasteiger partial charge in [-0.2, -0.15) is 0 Å². The fraction of sp³-hybridized carbons (Fsp3) is 0.600. The average Bonchev–Trinajstić information content (AvgIpc) is 3.32. The molecule has 0 amide bonds.